The summed E-state index contributed by atoms with van der Waals surface area (Å²) in [5.41, 5.74) is 4.23. The second-order valence-corrected chi connectivity index (χ2v) is 4.65. The molecule has 1 saturated carbocycles. The zero-order chi connectivity index (χ0) is 9.35. The zero-order valence-corrected chi connectivity index (χ0v) is 8.44. The lowest BCUT2D eigenvalue weighted by Gasteiger charge is -2.40. The number of halogens is 2. The summed E-state index contributed by atoms with van der Waals surface area (Å²) in [4.78, 5) is 0. The summed E-state index contributed by atoms with van der Waals surface area (Å²) >= 11 is 5.95. The number of hydrogen-bond acceptors (Lipinski definition) is 1. The summed E-state index contributed by atoms with van der Waals surface area (Å²) in [5.74, 6) is 0.439. The molecule has 0 heterocycles. The van der Waals surface area contributed by atoms with Crippen LogP contribution in [-0.2, 0) is 0 Å². The Bertz CT molecular complexity index is 161. The molecule has 3 unspecified atom stereocenters. The van der Waals surface area contributed by atoms with Crippen LogP contribution in [0.5, 0.6) is 0 Å². The molecule has 0 aromatic carbocycles. The van der Waals surface area contributed by atoms with E-state index in [0.29, 0.717) is 12.5 Å². The zero-order valence-electron chi connectivity index (χ0n) is 7.69. The van der Waals surface area contributed by atoms with E-state index in [2.05, 4.69) is 6.92 Å². The molecule has 0 aromatic heterocycles. The Balaban J connectivity index is 2.71. The van der Waals surface area contributed by atoms with Crippen molar-refractivity contribution >= 4 is 11.6 Å². The van der Waals surface area contributed by atoms with Gasteiger partial charge in [0.1, 0.15) is 5.67 Å². The van der Waals surface area contributed by atoms with E-state index >= 15 is 0 Å². The lowest BCUT2D eigenvalue weighted by Crippen LogP contribution is -2.47. The molecule has 0 saturated heterocycles. The molecule has 4 atom stereocenters. The highest BCUT2D eigenvalue weighted by Crippen LogP contribution is 2.41. The maximum absolute atomic E-state index is 13.9. The van der Waals surface area contributed by atoms with Gasteiger partial charge in [-0.2, -0.15) is 0 Å². The lowest BCUT2D eigenvalue weighted by atomic mass is 9.73. The van der Waals surface area contributed by atoms with Crippen LogP contribution in [0, 0.1) is 11.8 Å². The van der Waals surface area contributed by atoms with Crippen LogP contribution in [0.4, 0.5) is 4.39 Å². The number of nitrogens with two attached hydrogens (primary N) is 1. The summed E-state index contributed by atoms with van der Waals surface area (Å²) in [6, 6.07) is 0. The van der Waals surface area contributed by atoms with Crippen LogP contribution < -0.4 is 5.73 Å². The van der Waals surface area contributed by atoms with Crippen LogP contribution in [0.3, 0.4) is 0 Å². The molecule has 3 heteroatoms. The molecule has 72 valence electrons. The van der Waals surface area contributed by atoms with Gasteiger partial charge in [0.2, 0.25) is 0 Å². The minimum Gasteiger partial charge on any atom is -0.330 e. The fraction of sp³-hybridized carbons (Fsp3) is 1.00. The standard InChI is InChI=1S/C9H17ClFN/c1-6-3-7(5-12)9(2,11)8(10)4-6/h6-8H,3-5,12H2,1-2H3/t6?,7?,8-,9?/m1/s1. The summed E-state index contributed by atoms with van der Waals surface area (Å²) in [5, 5.41) is -0.366. The predicted molar refractivity (Wildman–Crippen MR) is 50.1 cm³/mol. The minimum atomic E-state index is -1.27. The third-order valence-electron chi connectivity index (χ3n) is 2.99. The van der Waals surface area contributed by atoms with Crippen LogP contribution in [0.15, 0.2) is 0 Å². The first-order valence-electron chi connectivity index (χ1n) is 4.51. The number of hydrogen-bond donors (Lipinski definition) is 1. The normalized spacial score (nSPS) is 49.2. The Morgan fingerprint density at radius 2 is 2.17 bits per heavy atom. The molecule has 1 aliphatic carbocycles. The summed E-state index contributed by atoms with van der Waals surface area (Å²) in [6.45, 7) is 4.09. The van der Waals surface area contributed by atoms with Gasteiger partial charge in [-0.1, -0.05) is 6.92 Å². The highest BCUT2D eigenvalue weighted by atomic mass is 35.5. The molecular weight excluding hydrogens is 177 g/mol. The highest BCUT2D eigenvalue weighted by molar-refractivity contribution is 6.21. The van der Waals surface area contributed by atoms with Gasteiger partial charge in [0, 0.05) is 5.92 Å². The second-order valence-electron chi connectivity index (χ2n) is 4.13. The minimum absolute atomic E-state index is 0.0660. The Morgan fingerprint density at radius 3 is 2.67 bits per heavy atom. The molecule has 0 radical (unpaired) electrons. The summed E-state index contributed by atoms with van der Waals surface area (Å²) in [6.07, 6.45) is 1.64. The van der Waals surface area contributed by atoms with Crippen molar-refractivity contribution in [2.75, 3.05) is 6.54 Å². The third-order valence-corrected chi connectivity index (χ3v) is 3.60. The van der Waals surface area contributed by atoms with E-state index in [1.807, 2.05) is 0 Å². The Kier molecular flexibility index (Phi) is 3.00. The molecule has 0 spiro atoms. The van der Waals surface area contributed by atoms with Crippen LogP contribution in [0.2, 0.25) is 0 Å². The monoisotopic (exact) mass is 193 g/mol. The van der Waals surface area contributed by atoms with E-state index in [1.54, 1.807) is 6.92 Å². The van der Waals surface area contributed by atoms with E-state index in [1.165, 1.54) is 0 Å². The van der Waals surface area contributed by atoms with E-state index < -0.39 is 5.67 Å². The fourth-order valence-corrected chi connectivity index (χ4v) is 2.46. The van der Waals surface area contributed by atoms with E-state index in [0.717, 1.165) is 12.8 Å². The van der Waals surface area contributed by atoms with Crippen molar-refractivity contribution in [1.82, 2.24) is 0 Å². The summed E-state index contributed by atoms with van der Waals surface area (Å²) in [7, 11) is 0. The van der Waals surface area contributed by atoms with Gasteiger partial charge in [0.15, 0.2) is 0 Å². The number of rotatable bonds is 1. The van der Waals surface area contributed by atoms with Crippen LogP contribution >= 0.6 is 11.6 Å². The summed E-state index contributed by atoms with van der Waals surface area (Å²) < 4.78 is 13.9. The van der Waals surface area contributed by atoms with Crippen molar-refractivity contribution in [2.45, 2.75) is 37.7 Å². The first-order valence-corrected chi connectivity index (χ1v) is 4.95. The van der Waals surface area contributed by atoms with Gasteiger partial charge < -0.3 is 5.73 Å². The SMILES string of the molecule is CC1CC(CN)C(C)(F)[C@H](Cl)C1. The van der Waals surface area contributed by atoms with Crippen molar-refractivity contribution in [3.05, 3.63) is 0 Å². The molecule has 0 aromatic rings. The molecule has 1 fully saturated rings. The first-order chi connectivity index (χ1) is 5.48. The van der Waals surface area contributed by atoms with Crippen molar-refractivity contribution in [1.29, 1.82) is 0 Å². The Morgan fingerprint density at radius 1 is 1.58 bits per heavy atom. The average molecular weight is 194 g/mol. The van der Waals surface area contributed by atoms with Gasteiger partial charge in [0.25, 0.3) is 0 Å². The molecule has 1 nitrogen and oxygen atoms in total. The van der Waals surface area contributed by atoms with Gasteiger partial charge in [-0.3, -0.25) is 0 Å². The molecule has 0 amide bonds. The molecule has 1 aliphatic rings. The maximum atomic E-state index is 13.9. The smallest absolute Gasteiger partial charge is 0.128 e. The second kappa shape index (κ2) is 3.51. The van der Waals surface area contributed by atoms with E-state index in [-0.39, 0.29) is 11.3 Å². The van der Waals surface area contributed by atoms with Gasteiger partial charge in [-0.25, -0.2) is 4.39 Å². The Labute approximate surface area is 78.5 Å². The van der Waals surface area contributed by atoms with E-state index in [4.69, 9.17) is 17.3 Å². The van der Waals surface area contributed by atoms with Crippen LogP contribution in [-0.4, -0.2) is 17.6 Å². The van der Waals surface area contributed by atoms with Crippen molar-refractivity contribution in [3.8, 4) is 0 Å². The number of alkyl halides is 2. The topological polar surface area (TPSA) is 26.0 Å². The molecule has 0 bridgehead atoms. The third kappa shape index (κ3) is 1.74. The Hall–Kier alpha value is 0.180. The lowest BCUT2D eigenvalue weighted by molar-refractivity contribution is 0.0464. The largest absolute Gasteiger partial charge is 0.330 e. The van der Waals surface area contributed by atoms with Crippen molar-refractivity contribution < 1.29 is 4.39 Å². The molecule has 12 heavy (non-hydrogen) atoms. The van der Waals surface area contributed by atoms with Gasteiger partial charge >= 0.3 is 0 Å². The van der Waals surface area contributed by atoms with Crippen LogP contribution in [0.1, 0.15) is 26.7 Å². The quantitative estimate of drug-likeness (QED) is 0.636. The van der Waals surface area contributed by atoms with Gasteiger partial charge in [0.05, 0.1) is 5.38 Å². The predicted octanol–water partition coefficient (Wildman–Crippen LogP) is 2.33. The molecule has 1 rings (SSSR count). The van der Waals surface area contributed by atoms with Crippen molar-refractivity contribution in [2.24, 2.45) is 17.6 Å². The van der Waals surface area contributed by atoms with E-state index in [9.17, 15) is 4.39 Å². The van der Waals surface area contributed by atoms with Crippen LogP contribution in [0.25, 0.3) is 0 Å². The average Bonchev–Trinajstić information content (AvgIpc) is 1.97. The van der Waals surface area contributed by atoms with Gasteiger partial charge in [-0.15, -0.1) is 11.6 Å². The fourth-order valence-electron chi connectivity index (χ4n) is 1.98. The first kappa shape index (κ1) is 10.3. The van der Waals surface area contributed by atoms with Crippen molar-refractivity contribution in [3.63, 3.8) is 0 Å². The molecule has 2 N–H and O–H groups in total. The highest BCUT2D eigenvalue weighted by Gasteiger charge is 2.44. The maximum Gasteiger partial charge on any atom is 0.128 e. The molecular formula is C9H17ClFN. The molecule has 0 aliphatic heterocycles. The van der Waals surface area contributed by atoms with Gasteiger partial charge in [-0.05, 0) is 32.2 Å².